The van der Waals surface area contributed by atoms with Crippen LogP contribution in [0.4, 0.5) is 8.78 Å². The van der Waals surface area contributed by atoms with Gasteiger partial charge < -0.3 is 5.73 Å². The average molecular weight is 213 g/mol. The molecule has 0 aliphatic rings. The SMILES string of the molecule is CC(N)Cc1c(F)ccc(C(C)C)c1F. The summed E-state index contributed by atoms with van der Waals surface area (Å²) in [6.45, 7) is 5.50. The van der Waals surface area contributed by atoms with E-state index in [0.717, 1.165) is 0 Å². The van der Waals surface area contributed by atoms with Gasteiger partial charge in [0.15, 0.2) is 0 Å². The fourth-order valence-corrected chi connectivity index (χ4v) is 1.57. The highest BCUT2D eigenvalue weighted by Gasteiger charge is 2.16. The summed E-state index contributed by atoms with van der Waals surface area (Å²) < 4.78 is 27.2. The minimum Gasteiger partial charge on any atom is -0.328 e. The van der Waals surface area contributed by atoms with Gasteiger partial charge in [0.25, 0.3) is 0 Å². The summed E-state index contributed by atoms with van der Waals surface area (Å²) in [4.78, 5) is 0. The third kappa shape index (κ3) is 2.75. The van der Waals surface area contributed by atoms with Crippen LogP contribution in [0.15, 0.2) is 12.1 Å². The number of benzene rings is 1. The lowest BCUT2D eigenvalue weighted by atomic mass is 9.96. The summed E-state index contributed by atoms with van der Waals surface area (Å²) in [6.07, 6.45) is 0.234. The van der Waals surface area contributed by atoms with Crippen molar-refractivity contribution in [1.29, 1.82) is 0 Å². The molecule has 1 atom stereocenters. The molecule has 0 saturated carbocycles. The predicted molar refractivity (Wildman–Crippen MR) is 57.8 cm³/mol. The molecular formula is C12H17F2N. The molecule has 84 valence electrons. The lowest BCUT2D eigenvalue weighted by Gasteiger charge is -2.13. The molecule has 0 fully saturated rings. The summed E-state index contributed by atoms with van der Waals surface area (Å²) >= 11 is 0. The second-order valence-corrected chi connectivity index (χ2v) is 4.27. The summed E-state index contributed by atoms with van der Waals surface area (Å²) in [6, 6.07) is 2.58. The molecule has 1 rings (SSSR count). The van der Waals surface area contributed by atoms with Crippen molar-refractivity contribution >= 4 is 0 Å². The van der Waals surface area contributed by atoms with Crippen LogP contribution in [0.2, 0.25) is 0 Å². The maximum Gasteiger partial charge on any atom is 0.132 e. The first-order chi connectivity index (χ1) is 6.93. The van der Waals surface area contributed by atoms with Crippen molar-refractivity contribution in [3.63, 3.8) is 0 Å². The summed E-state index contributed by atoms with van der Waals surface area (Å²) in [5, 5.41) is 0. The lowest BCUT2D eigenvalue weighted by Crippen LogP contribution is -2.20. The van der Waals surface area contributed by atoms with Crippen LogP contribution in [0.5, 0.6) is 0 Å². The van der Waals surface area contributed by atoms with Crippen LogP contribution >= 0.6 is 0 Å². The molecule has 0 saturated heterocycles. The van der Waals surface area contributed by atoms with Crippen molar-refractivity contribution in [2.45, 2.75) is 39.2 Å². The van der Waals surface area contributed by atoms with Gasteiger partial charge in [-0.2, -0.15) is 0 Å². The molecule has 3 heteroatoms. The van der Waals surface area contributed by atoms with Crippen LogP contribution in [-0.2, 0) is 6.42 Å². The van der Waals surface area contributed by atoms with Crippen LogP contribution in [-0.4, -0.2) is 6.04 Å². The Labute approximate surface area is 89.3 Å². The Bertz CT molecular complexity index is 346. The number of nitrogens with two attached hydrogens (primary N) is 1. The number of hydrogen-bond donors (Lipinski definition) is 1. The Balaban J connectivity index is 3.18. The van der Waals surface area contributed by atoms with Gasteiger partial charge >= 0.3 is 0 Å². The van der Waals surface area contributed by atoms with Gasteiger partial charge in [0.1, 0.15) is 11.6 Å². The highest BCUT2D eigenvalue weighted by Crippen LogP contribution is 2.24. The van der Waals surface area contributed by atoms with Crippen LogP contribution in [0.1, 0.15) is 37.8 Å². The number of rotatable bonds is 3. The maximum atomic E-state index is 13.8. The van der Waals surface area contributed by atoms with E-state index in [0.29, 0.717) is 5.56 Å². The molecule has 0 aliphatic heterocycles. The largest absolute Gasteiger partial charge is 0.328 e. The molecule has 2 N–H and O–H groups in total. The first-order valence-corrected chi connectivity index (χ1v) is 5.15. The monoisotopic (exact) mass is 213 g/mol. The van der Waals surface area contributed by atoms with Gasteiger partial charge in [0.2, 0.25) is 0 Å². The highest BCUT2D eigenvalue weighted by molar-refractivity contribution is 5.30. The van der Waals surface area contributed by atoms with Crippen molar-refractivity contribution in [3.8, 4) is 0 Å². The molecule has 15 heavy (non-hydrogen) atoms. The minimum atomic E-state index is -0.505. The third-order valence-corrected chi connectivity index (χ3v) is 2.36. The fourth-order valence-electron chi connectivity index (χ4n) is 1.57. The molecule has 1 unspecified atom stereocenters. The smallest absolute Gasteiger partial charge is 0.132 e. The zero-order valence-corrected chi connectivity index (χ0v) is 9.35. The van der Waals surface area contributed by atoms with E-state index in [9.17, 15) is 8.78 Å². The molecule has 0 radical (unpaired) electrons. The fraction of sp³-hybridized carbons (Fsp3) is 0.500. The zero-order valence-electron chi connectivity index (χ0n) is 9.35. The summed E-state index contributed by atoms with van der Waals surface area (Å²) in [7, 11) is 0. The van der Waals surface area contributed by atoms with Gasteiger partial charge in [-0.05, 0) is 30.9 Å². The summed E-state index contributed by atoms with van der Waals surface area (Å²) in [5.74, 6) is -0.895. The van der Waals surface area contributed by atoms with E-state index in [2.05, 4.69) is 0 Å². The van der Waals surface area contributed by atoms with E-state index in [-0.39, 0.29) is 23.9 Å². The first kappa shape index (κ1) is 12.1. The Morgan fingerprint density at radius 2 is 1.80 bits per heavy atom. The van der Waals surface area contributed by atoms with Crippen LogP contribution in [0, 0.1) is 11.6 Å². The van der Waals surface area contributed by atoms with Gasteiger partial charge in [-0.3, -0.25) is 0 Å². The number of halogens is 2. The molecule has 1 aromatic carbocycles. The van der Waals surface area contributed by atoms with E-state index in [1.807, 2.05) is 13.8 Å². The summed E-state index contributed by atoms with van der Waals surface area (Å²) in [5.41, 5.74) is 6.21. The first-order valence-electron chi connectivity index (χ1n) is 5.15. The molecule has 0 aromatic heterocycles. The molecule has 0 bridgehead atoms. The van der Waals surface area contributed by atoms with Gasteiger partial charge in [-0.1, -0.05) is 19.9 Å². The Kier molecular flexibility index (Phi) is 3.80. The van der Waals surface area contributed by atoms with Gasteiger partial charge in [0.05, 0.1) is 0 Å². The molecule has 1 nitrogen and oxygen atoms in total. The van der Waals surface area contributed by atoms with Crippen molar-refractivity contribution < 1.29 is 8.78 Å². The van der Waals surface area contributed by atoms with Gasteiger partial charge in [-0.25, -0.2) is 8.78 Å². The van der Waals surface area contributed by atoms with Crippen LogP contribution in [0.25, 0.3) is 0 Å². The standard InChI is InChI=1S/C12H17F2N/c1-7(2)9-4-5-11(13)10(12(9)14)6-8(3)15/h4-5,7-8H,6,15H2,1-3H3. The van der Waals surface area contributed by atoms with E-state index in [1.54, 1.807) is 6.92 Å². The molecule has 0 spiro atoms. The second-order valence-electron chi connectivity index (χ2n) is 4.27. The Hall–Kier alpha value is -0.960. The lowest BCUT2D eigenvalue weighted by molar-refractivity contribution is 0.528. The minimum absolute atomic E-state index is 0.0532. The molecule has 0 aliphatic carbocycles. The molecule has 1 aromatic rings. The van der Waals surface area contributed by atoms with E-state index >= 15 is 0 Å². The van der Waals surface area contributed by atoms with Crippen molar-refractivity contribution in [2.24, 2.45) is 5.73 Å². The van der Waals surface area contributed by atoms with Crippen molar-refractivity contribution in [1.82, 2.24) is 0 Å². The maximum absolute atomic E-state index is 13.8. The van der Waals surface area contributed by atoms with Gasteiger partial charge in [-0.15, -0.1) is 0 Å². The quantitative estimate of drug-likeness (QED) is 0.820. The third-order valence-electron chi connectivity index (χ3n) is 2.36. The Morgan fingerprint density at radius 1 is 1.20 bits per heavy atom. The van der Waals surface area contributed by atoms with Crippen LogP contribution in [0.3, 0.4) is 0 Å². The number of hydrogen-bond acceptors (Lipinski definition) is 1. The van der Waals surface area contributed by atoms with E-state index in [4.69, 9.17) is 5.73 Å². The normalized spacial score (nSPS) is 13.3. The molecule has 0 heterocycles. The van der Waals surface area contributed by atoms with Crippen molar-refractivity contribution in [2.75, 3.05) is 0 Å². The van der Waals surface area contributed by atoms with E-state index < -0.39 is 11.6 Å². The van der Waals surface area contributed by atoms with Crippen LogP contribution < -0.4 is 5.73 Å². The van der Waals surface area contributed by atoms with Gasteiger partial charge in [0, 0.05) is 11.6 Å². The highest BCUT2D eigenvalue weighted by atomic mass is 19.1. The van der Waals surface area contributed by atoms with E-state index in [1.165, 1.54) is 12.1 Å². The predicted octanol–water partition coefficient (Wildman–Crippen LogP) is 2.98. The second kappa shape index (κ2) is 4.71. The molecule has 0 amide bonds. The Morgan fingerprint density at radius 3 is 2.27 bits per heavy atom. The average Bonchev–Trinajstić information content (AvgIpc) is 2.11. The molecular weight excluding hydrogens is 196 g/mol. The topological polar surface area (TPSA) is 26.0 Å². The zero-order chi connectivity index (χ0) is 11.6. The van der Waals surface area contributed by atoms with Crippen molar-refractivity contribution in [3.05, 3.63) is 34.9 Å².